The molecule has 0 atom stereocenters. The first-order valence-electron chi connectivity index (χ1n) is 6.15. The van der Waals surface area contributed by atoms with E-state index in [1.165, 1.54) is 0 Å². The Morgan fingerprint density at radius 2 is 2.05 bits per heavy atom. The van der Waals surface area contributed by atoms with Gasteiger partial charge in [-0.25, -0.2) is 0 Å². The van der Waals surface area contributed by atoms with Gasteiger partial charge >= 0.3 is 0 Å². The Labute approximate surface area is 120 Å². The maximum absolute atomic E-state index is 5.41. The fourth-order valence-electron chi connectivity index (χ4n) is 1.36. The zero-order valence-electron chi connectivity index (χ0n) is 11.5. The van der Waals surface area contributed by atoms with Gasteiger partial charge in [-0.2, -0.15) is 0 Å². The van der Waals surface area contributed by atoms with E-state index in [0.717, 1.165) is 24.5 Å². The molecule has 104 valence electrons. The summed E-state index contributed by atoms with van der Waals surface area (Å²) < 4.78 is 5.41. The van der Waals surface area contributed by atoms with Crippen LogP contribution >= 0.6 is 12.2 Å². The Kier molecular flexibility index (Phi) is 6.92. The molecule has 0 aliphatic heterocycles. The first-order valence-corrected chi connectivity index (χ1v) is 6.56. The van der Waals surface area contributed by atoms with Crippen LogP contribution in [0, 0.1) is 0 Å². The molecule has 19 heavy (non-hydrogen) atoms. The van der Waals surface area contributed by atoms with Gasteiger partial charge in [-0.3, -0.25) is 0 Å². The molecule has 0 aliphatic rings. The fourth-order valence-corrected chi connectivity index (χ4v) is 1.58. The SMILES string of the molecule is C=CCOc1ccc(NC(=S)NCCN(C)C)cc1. The van der Waals surface area contributed by atoms with Crippen molar-refractivity contribution in [1.29, 1.82) is 0 Å². The summed E-state index contributed by atoms with van der Waals surface area (Å²) in [4.78, 5) is 2.10. The number of hydrogen-bond acceptors (Lipinski definition) is 3. The average molecular weight is 279 g/mol. The topological polar surface area (TPSA) is 36.5 Å². The Bertz CT molecular complexity index is 404. The number of nitrogens with zero attached hydrogens (tertiary/aromatic N) is 1. The van der Waals surface area contributed by atoms with E-state index >= 15 is 0 Å². The molecule has 0 radical (unpaired) electrons. The molecule has 0 bridgehead atoms. The summed E-state index contributed by atoms with van der Waals surface area (Å²) in [7, 11) is 4.06. The van der Waals surface area contributed by atoms with Gasteiger partial charge in [0, 0.05) is 18.8 Å². The lowest BCUT2D eigenvalue weighted by molar-refractivity contribution is 0.363. The first-order chi connectivity index (χ1) is 9.11. The van der Waals surface area contributed by atoms with Crippen LogP contribution in [-0.2, 0) is 0 Å². The van der Waals surface area contributed by atoms with Gasteiger partial charge < -0.3 is 20.3 Å². The molecule has 4 nitrogen and oxygen atoms in total. The summed E-state index contributed by atoms with van der Waals surface area (Å²) in [5.41, 5.74) is 0.938. The number of benzene rings is 1. The van der Waals surface area contributed by atoms with E-state index in [4.69, 9.17) is 17.0 Å². The van der Waals surface area contributed by atoms with E-state index in [-0.39, 0.29) is 0 Å². The quantitative estimate of drug-likeness (QED) is 0.590. The minimum Gasteiger partial charge on any atom is -0.490 e. The number of ether oxygens (including phenoxy) is 1. The molecular formula is C14H21N3OS. The van der Waals surface area contributed by atoms with Crippen molar-refractivity contribution in [2.24, 2.45) is 0 Å². The van der Waals surface area contributed by atoms with Crippen LogP contribution in [-0.4, -0.2) is 43.8 Å². The second kappa shape index (κ2) is 8.50. The van der Waals surface area contributed by atoms with E-state index in [1.807, 2.05) is 38.4 Å². The smallest absolute Gasteiger partial charge is 0.170 e. The molecular weight excluding hydrogens is 258 g/mol. The minimum absolute atomic E-state index is 0.511. The highest BCUT2D eigenvalue weighted by Gasteiger charge is 1.98. The molecule has 0 aromatic heterocycles. The van der Waals surface area contributed by atoms with E-state index in [2.05, 4.69) is 22.1 Å². The van der Waals surface area contributed by atoms with Crippen LogP contribution in [0.25, 0.3) is 0 Å². The summed E-state index contributed by atoms with van der Waals surface area (Å²) in [5, 5.41) is 6.90. The zero-order valence-corrected chi connectivity index (χ0v) is 12.3. The molecule has 0 amide bonds. The van der Waals surface area contributed by atoms with E-state index in [1.54, 1.807) is 6.08 Å². The summed E-state index contributed by atoms with van der Waals surface area (Å²) in [6.07, 6.45) is 1.72. The second-order valence-electron chi connectivity index (χ2n) is 4.31. The molecule has 1 rings (SSSR count). The van der Waals surface area contributed by atoms with Gasteiger partial charge in [0.2, 0.25) is 0 Å². The van der Waals surface area contributed by atoms with Crippen LogP contribution < -0.4 is 15.4 Å². The van der Waals surface area contributed by atoms with Crippen molar-refractivity contribution in [3.8, 4) is 5.75 Å². The lowest BCUT2D eigenvalue weighted by Gasteiger charge is -2.13. The van der Waals surface area contributed by atoms with Crippen LogP contribution in [0.4, 0.5) is 5.69 Å². The maximum Gasteiger partial charge on any atom is 0.170 e. The summed E-state index contributed by atoms with van der Waals surface area (Å²) in [5.74, 6) is 0.817. The van der Waals surface area contributed by atoms with E-state index < -0.39 is 0 Å². The molecule has 0 saturated heterocycles. The van der Waals surface area contributed by atoms with Crippen molar-refractivity contribution >= 4 is 23.0 Å². The van der Waals surface area contributed by atoms with Crippen molar-refractivity contribution in [3.05, 3.63) is 36.9 Å². The van der Waals surface area contributed by atoms with Crippen LogP contribution in [0.2, 0.25) is 0 Å². The lowest BCUT2D eigenvalue weighted by atomic mass is 10.3. The third-order valence-corrected chi connectivity index (χ3v) is 2.57. The predicted octanol–water partition coefficient (Wildman–Crippen LogP) is 2.10. The number of likely N-dealkylation sites (N-methyl/N-ethyl adjacent to an activating group) is 1. The largest absolute Gasteiger partial charge is 0.490 e. The van der Waals surface area contributed by atoms with Crippen molar-refractivity contribution < 1.29 is 4.74 Å². The second-order valence-corrected chi connectivity index (χ2v) is 4.72. The van der Waals surface area contributed by atoms with E-state index in [0.29, 0.717) is 11.7 Å². The molecule has 1 aromatic rings. The molecule has 5 heteroatoms. The fraction of sp³-hybridized carbons (Fsp3) is 0.357. The van der Waals surface area contributed by atoms with Gasteiger partial charge in [-0.15, -0.1) is 0 Å². The first kappa shape index (κ1) is 15.5. The number of anilines is 1. The van der Waals surface area contributed by atoms with Crippen molar-refractivity contribution in [2.45, 2.75) is 0 Å². The van der Waals surface area contributed by atoms with Crippen LogP contribution in [0.1, 0.15) is 0 Å². The molecule has 0 aliphatic carbocycles. The molecule has 0 unspecified atom stereocenters. The van der Waals surface area contributed by atoms with Crippen molar-refractivity contribution in [2.75, 3.05) is 39.1 Å². The van der Waals surface area contributed by atoms with Crippen LogP contribution in [0.3, 0.4) is 0 Å². The van der Waals surface area contributed by atoms with Gasteiger partial charge in [0.1, 0.15) is 12.4 Å². The highest BCUT2D eigenvalue weighted by molar-refractivity contribution is 7.80. The standard InChI is InChI=1S/C14H21N3OS/c1-4-11-18-13-7-5-12(6-8-13)16-14(19)15-9-10-17(2)3/h4-8H,1,9-11H2,2-3H3,(H2,15,16,19). The van der Waals surface area contributed by atoms with Crippen molar-refractivity contribution in [1.82, 2.24) is 10.2 Å². The zero-order chi connectivity index (χ0) is 14.1. The van der Waals surface area contributed by atoms with Gasteiger partial charge in [-0.1, -0.05) is 12.7 Å². The normalized spacial score (nSPS) is 10.1. The summed E-state index contributed by atoms with van der Waals surface area (Å²) in [6, 6.07) is 7.65. The monoisotopic (exact) mass is 279 g/mol. The third kappa shape index (κ3) is 6.79. The summed E-state index contributed by atoms with van der Waals surface area (Å²) >= 11 is 5.21. The molecule has 0 heterocycles. The molecule has 0 saturated carbocycles. The van der Waals surface area contributed by atoms with Crippen LogP contribution in [0.5, 0.6) is 5.75 Å². The molecule has 0 spiro atoms. The van der Waals surface area contributed by atoms with Gasteiger partial charge in [0.15, 0.2) is 5.11 Å². The lowest BCUT2D eigenvalue weighted by Crippen LogP contribution is -2.34. The molecule has 1 aromatic carbocycles. The number of hydrogen-bond donors (Lipinski definition) is 2. The number of thiocarbonyl (C=S) groups is 1. The number of rotatable bonds is 7. The van der Waals surface area contributed by atoms with Gasteiger partial charge in [0.25, 0.3) is 0 Å². The highest BCUT2D eigenvalue weighted by atomic mass is 32.1. The Morgan fingerprint density at radius 1 is 1.37 bits per heavy atom. The third-order valence-electron chi connectivity index (χ3n) is 2.32. The van der Waals surface area contributed by atoms with Gasteiger partial charge in [0.05, 0.1) is 0 Å². The average Bonchev–Trinajstić information content (AvgIpc) is 2.37. The van der Waals surface area contributed by atoms with Crippen molar-refractivity contribution in [3.63, 3.8) is 0 Å². The highest BCUT2D eigenvalue weighted by Crippen LogP contribution is 2.15. The maximum atomic E-state index is 5.41. The minimum atomic E-state index is 0.511. The molecule has 2 N–H and O–H groups in total. The molecule has 0 fully saturated rings. The Hall–Kier alpha value is -1.59. The van der Waals surface area contributed by atoms with Gasteiger partial charge in [-0.05, 0) is 50.6 Å². The Morgan fingerprint density at radius 3 is 2.63 bits per heavy atom. The Balaban J connectivity index is 2.35. The van der Waals surface area contributed by atoms with Crippen LogP contribution in [0.15, 0.2) is 36.9 Å². The summed E-state index contributed by atoms with van der Waals surface area (Å²) in [6.45, 7) is 5.88. The predicted molar refractivity (Wildman–Crippen MR) is 84.9 cm³/mol. The van der Waals surface area contributed by atoms with E-state index in [9.17, 15) is 0 Å². The number of nitrogens with one attached hydrogen (secondary N) is 2.